The van der Waals surface area contributed by atoms with Gasteiger partial charge in [0.05, 0.1) is 5.56 Å². The van der Waals surface area contributed by atoms with E-state index in [1.165, 1.54) is 6.20 Å². The third kappa shape index (κ3) is 6.78. The molecule has 1 saturated carbocycles. The Labute approximate surface area is 195 Å². The van der Waals surface area contributed by atoms with Crippen LogP contribution in [0.5, 0.6) is 0 Å². The van der Waals surface area contributed by atoms with Crippen LogP contribution in [-0.2, 0) is 11.3 Å². The Bertz CT molecular complexity index is 935. The number of hydrogen-bond donors (Lipinski definition) is 2. The summed E-state index contributed by atoms with van der Waals surface area (Å²) in [5, 5.41) is 3.47. The summed E-state index contributed by atoms with van der Waals surface area (Å²) in [6, 6.07) is 9.16. The molecule has 0 saturated heterocycles. The van der Waals surface area contributed by atoms with Gasteiger partial charge in [-0.1, -0.05) is 32.4 Å². The van der Waals surface area contributed by atoms with Crippen molar-refractivity contribution in [3.63, 3.8) is 0 Å². The predicted molar refractivity (Wildman–Crippen MR) is 128 cm³/mol. The van der Waals surface area contributed by atoms with E-state index in [0.29, 0.717) is 29.2 Å². The van der Waals surface area contributed by atoms with Crippen LogP contribution in [0.1, 0.15) is 68.8 Å². The minimum absolute atomic E-state index is 0.107. The van der Waals surface area contributed by atoms with Crippen molar-refractivity contribution < 1.29 is 9.59 Å². The van der Waals surface area contributed by atoms with Gasteiger partial charge in [0.25, 0.3) is 5.91 Å². The van der Waals surface area contributed by atoms with Gasteiger partial charge in [0.1, 0.15) is 0 Å². The number of aromatic nitrogens is 1. The summed E-state index contributed by atoms with van der Waals surface area (Å²) in [5.41, 5.74) is 7.91. The molecule has 0 aliphatic heterocycles. The third-order valence-electron chi connectivity index (χ3n) is 5.75. The number of nitrogens with two attached hydrogens (primary N) is 1. The van der Waals surface area contributed by atoms with E-state index >= 15 is 0 Å². The first-order valence-corrected chi connectivity index (χ1v) is 11.5. The minimum Gasteiger partial charge on any atom is -0.335 e. The molecule has 1 aliphatic carbocycles. The van der Waals surface area contributed by atoms with Gasteiger partial charge < -0.3 is 16.0 Å². The molecule has 0 unspecified atom stereocenters. The fraction of sp³-hybridized carbons (Fsp3) is 0.480. The van der Waals surface area contributed by atoms with E-state index in [-0.39, 0.29) is 29.3 Å². The molecular weight excluding hydrogens is 424 g/mol. The summed E-state index contributed by atoms with van der Waals surface area (Å²) in [6.45, 7) is 6.62. The van der Waals surface area contributed by atoms with Gasteiger partial charge in [-0.3, -0.25) is 14.6 Å². The van der Waals surface area contributed by atoms with Crippen LogP contribution in [0.4, 0.5) is 5.69 Å². The maximum Gasteiger partial charge on any atom is 0.257 e. The topological polar surface area (TPSA) is 88.3 Å². The molecule has 2 amide bonds. The Morgan fingerprint density at radius 3 is 2.53 bits per heavy atom. The molecule has 6 nitrogen and oxygen atoms in total. The molecule has 7 heteroatoms. The van der Waals surface area contributed by atoms with E-state index in [1.807, 2.05) is 11.0 Å². The number of hydrogen-bond acceptors (Lipinski definition) is 4. The second-order valence-corrected chi connectivity index (χ2v) is 10.2. The Balaban J connectivity index is 1.80. The number of carbonyl (C=O) groups is 2. The average molecular weight is 457 g/mol. The predicted octanol–water partition coefficient (Wildman–Crippen LogP) is 5.02. The summed E-state index contributed by atoms with van der Waals surface area (Å²) in [5.74, 6) is -0.118. The van der Waals surface area contributed by atoms with Crippen LogP contribution in [0.15, 0.2) is 42.7 Å². The lowest BCUT2D eigenvalue weighted by Crippen LogP contribution is -2.44. The van der Waals surface area contributed by atoms with Crippen molar-refractivity contribution in [2.45, 2.75) is 71.5 Å². The SMILES string of the molecule is CC(C)(C)CC(=O)N(Cc1cc(NC(=O)c2cccnc2)ccc1Cl)C1CCC(N)CC1. The molecule has 1 aromatic carbocycles. The molecular formula is C25H33ClN4O2. The van der Waals surface area contributed by atoms with Crippen LogP contribution in [-0.4, -0.2) is 33.8 Å². The highest BCUT2D eigenvalue weighted by Gasteiger charge is 2.30. The zero-order chi connectivity index (χ0) is 23.3. The highest BCUT2D eigenvalue weighted by Crippen LogP contribution is 2.30. The Morgan fingerprint density at radius 1 is 1.19 bits per heavy atom. The van der Waals surface area contributed by atoms with Gasteiger partial charge in [0, 0.05) is 48.2 Å². The standard InChI is InChI=1S/C25H33ClN4O2/c1-25(2,3)14-23(31)30(21-9-6-19(27)7-10-21)16-18-13-20(8-11-22(18)26)29-24(32)17-5-4-12-28-15-17/h4-5,8,11-13,15,19,21H,6-7,9-10,14,16,27H2,1-3H3,(H,29,32). The second-order valence-electron chi connectivity index (χ2n) is 9.83. The van der Waals surface area contributed by atoms with Gasteiger partial charge in [-0.05, 0) is 67.0 Å². The number of carbonyl (C=O) groups excluding carboxylic acids is 2. The molecule has 2 aromatic rings. The number of nitrogens with one attached hydrogen (secondary N) is 1. The molecule has 172 valence electrons. The van der Waals surface area contributed by atoms with Crippen molar-refractivity contribution in [1.82, 2.24) is 9.88 Å². The molecule has 0 bridgehead atoms. The fourth-order valence-electron chi connectivity index (χ4n) is 4.05. The number of benzene rings is 1. The molecule has 0 radical (unpaired) electrons. The van der Waals surface area contributed by atoms with E-state index in [0.717, 1.165) is 31.2 Å². The molecule has 1 aliphatic rings. The second kappa shape index (κ2) is 10.5. The van der Waals surface area contributed by atoms with Crippen molar-refractivity contribution in [3.8, 4) is 0 Å². The maximum atomic E-state index is 13.3. The number of amides is 2. The van der Waals surface area contributed by atoms with Crippen LogP contribution in [0, 0.1) is 5.41 Å². The van der Waals surface area contributed by atoms with Crippen molar-refractivity contribution >= 4 is 29.1 Å². The van der Waals surface area contributed by atoms with E-state index in [2.05, 4.69) is 31.1 Å². The van der Waals surface area contributed by atoms with E-state index < -0.39 is 0 Å². The number of pyridine rings is 1. The van der Waals surface area contributed by atoms with E-state index in [4.69, 9.17) is 17.3 Å². The lowest BCUT2D eigenvalue weighted by Gasteiger charge is -2.37. The third-order valence-corrected chi connectivity index (χ3v) is 6.12. The van der Waals surface area contributed by atoms with Crippen LogP contribution in [0.2, 0.25) is 5.02 Å². The van der Waals surface area contributed by atoms with Gasteiger partial charge in [-0.15, -0.1) is 0 Å². The fourth-order valence-corrected chi connectivity index (χ4v) is 4.22. The number of anilines is 1. The first-order chi connectivity index (χ1) is 15.1. The molecule has 1 fully saturated rings. The van der Waals surface area contributed by atoms with Gasteiger partial charge in [0.15, 0.2) is 0 Å². The first-order valence-electron chi connectivity index (χ1n) is 11.2. The normalized spacial score (nSPS) is 18.8. The summed E-state index contributed by atoms with van der Waals surface area (Å²) < 4.78 is 0. The highest BCUT2D eigenvalue weighted by atomic mass is 35.5. The molecule has 1 heterocycles. The highest BCUT2D eigenvalue weighted by molar-refractivity contribution is 6.31. The summed E-state index contributed by atoms with van der Waals surface area (Å²) >= 11 is 6.51. The largest absolute Gasteiger partial charge is 0.335 e. The van der Waals surface area contributed by atoms with Crippen LogP contribution < -0.4 is 11.1 Å². The maximum absolute atomic E-state index is 13.3. The van der Waals surface area contributed by atoms with E-state index in [9.17, 15) is 9.59 Å². The van der Waals surface area contributed by atoms with Crippen LogP contribution in [0.25, 0.3) is 0 Å². The van der Waals surface area contributed by atoms with Gasteiger partial charge in [0.2, 0.25) is 5.91 Å². The molecule has 1 aromatic heterocycles. The van der Waals surface area contributed by atoms with Crippen molar-refractivity contribution in [2.24, 2.45) is 11.1 Å². The monoisotopic (exact) mass is 456 g/mol. The number of halogens is 1. The zero-order valence-electron chi connectivity index (χ0n) is 19.1. The van der Waals surface area contributed by atoms with Crippen molar-refractivity contribution in [1.29, 1.82) is 0 Å². The van der Waals surface area contributed by atoms with Gasteiger partial charge >= 0.3 is 0 Å². The van der Waals surface area contributed by atoms with Gasteiger partial charge in [-0.2, -0.15) is 0 Å². The summed E-state index contributed by atoms with van der Waals surface area (Å²) in [6.07, 6.45) is 7.23. The molecule has 32 heavy (non-hydrogen) atoms. The lowest BCUT2D eigenvalue weighted by molar-refractivity contribution is -0.137. The smallest absolute Gasteiger partial charge is 0.257 e. The summed E-state index contributed by atoms with van der Waals surface area (Å²) in [4.78, 5) is 31.7. The quantitative estimate of drug-likeness (QED) is 0.638. The Kier molecular flexibility index (Phi) is 7.91. The number of rotatable bonds is 6. The first kappa shape index (κ1) is 24.2. The molecule has 3 N–H and O–H groups in total. The van der Waals surface area contributed by atoms with Crippen LogP contribution in [0.3, 0.4) is 0 Å². The van der Waals surface area contributed by atoms with E-state index in [1.54, 1.807) is 30.5 Å². The van der Waals surface area contributed by atoms with Crippen molar-refractivity contribution in [3.05, 3.63) is 58.9 Å². The molecule has 0 spiro atoms. The zero-order valence-corrected chi connectivity index (χ0v) is 19.9. The Morgan fingerprint density at radius 2 is 1.91 bits per heavy atom. The minimum atomic E-state index is -0.242. The Hall–Kier alpha value is -2.44. The van der Waals surface area contributed by atoms with Crippen LogP contribution >= 0.6 is 11.6 Å². The number of nitrogens with zero attached hydrogens (tertiary/aromatic N) is 2. The van der Waals surface area contributed by atoms with Crippen molar-refractivity contribution in [2.75, 3.05) is 5.32 Å². The van der Waals surface area contributed by atoms with Gasteiger partial charge in [-0.25, -0.2) is 0 Å². The lowest BCUT2D eigenvalue weighted by atomic mass is 9.88. The summed E-state index contributed by atoms with van der Waals surface area (Å²) in [7, 11) is 0. The molecule has 0 atom stereocenters. The molecule has 3 rings (SSSR count). The average Bonchev–Trinajstić information content (AvgIpc) is 2.74.